The molecule has 0 atom stereocenters. The van der Waals surface area contributed by atoms with Crippen molar-refractivity contribution in [2.75, 3.05) is 6.26 Å². The standard InChI is InChI=1S/C23H19BrF3N3O3S2/c1-22(2,31)21-19(24)20(30(29-21)16-12-28-10-9-15(16)23(25,26)27)18-8-7-17(34-18)13-5-4-6-14(11-13)35(3,32)33/h4-12,31H,1-3H3. The molecule has 0 amide bonds. The first-order valence-corrected chi connectivity index (χ1v) is 13.6. The van der Waals surface area contributed by atoms with Gasteiger partial charge in [0.15, 0.2) is 9.84 Å². The smallest absolute Gasteiger partial charge is 0.384 e. The minimum absolute atomic E-state index is 0.151. The molecule has 4 aromatic rings. The van der Waals surface area contributed by atoms with Crippen molar-refractivity contribution in [1.29, 1.82) is 0 Å². The Morgan fingerprint density at radius 1 is 1.09 bits per heavy atom. The number of benzene rings is 1. The molecule has 1 aromatic carbocycles. The summed E-state index contributed by atoms with van der Waals surface area (Å²) in [6, 6.07) is 10.8. The molecule has 0 radical (unpaired) electrons. The number of sulfone groups is 1. The van der Waals surface area contributed by atoms with E-state index >= 15 is 0 Å². The Kier molecular flexibility index (Phi) is 6.45. The molecule has 35 heavy (non-hydrogen) atoms. The lowest BCUT2D eigenvalue weighted by Crippen LogP contribution is -2.18. The van der Waals surface area contributed by atoms with E-state index in [-0.39, 0.29) is 16.3 Å². The molecule has 0 spiro atoms. The van der Waals surface area contributed by atoms with Gasteiger partial charge < -0.3 is 5.11 Å². The van der Waals surface area contributed by atoms with Crippen molar-refractivity contribution < 1.29 is 26.7 Å². The van der Waals surface area contributed by atoms with Crippen LogP contribution in [-0.2, 0) is 21.6 Å². The van der Waals surface area contributed by atoms with E-state index in [1.54, 1.807) is 30.3 Å². The van der Waals surface area contributed by atoms with Gasteiger partial charge in [0.05, 0.1) is 37.4 Å². The van der Waals surface area contributed by atoms with E-state index in [1.807, 2.05) is 0 Å². The second kappa shape index (κ2) is 8.84. The molecule has 12 heteroatoms. The predicted molar refractivity (Wildman–Crippen MR) is 131 cm³/mol. The van der Waals surface area contributed by atoms with Gasteiger partial charge in [-0.25, -0.2) is 13.1 Å². The highest BCUT2D eigenvalue weighted by Crippen LogP contribution is 2.44. The van der Waals surface area contributed by atoms with Crippen molar-refractivity contribution >= 4 is 37.1 Å². The van der Waals surface area contributed by atoms with Crippen LogP contribution in [0.1, 0.15) is 25.1 Å². The van der Waals surface area contributed by atoms with Crippen LogP contribution in [0.2, 0.25) is 0 Å². The molecular formula is C23H19BrF3N3O3S2. The number of halogens is 4. The van der Waals surface area contributed by atoms with Crippen LogP contribution in [0.3, 0.4) is 0 Å². The zero-order valence-electron chi connectivity index (χ0n) is 18.6. The van der Waals surface area contributed by atoms with Crippen LogP contribution in [0.15, 0.2) is 64.2 Å². The van der Waals surface area contributed by atoms with Gasteiger partial charge in [-0.15, -0.1) is 11.3 Å². The van der Waals surface area contributed by atoms with Gasteiger partial charge in [0, 0.05) is 17.3 Å². The third-order valence-corrected chi connectivity index (χ3v) is 8.13. The molecule has 0 aliphatic rings. The molecule has 0 unspecified atom stereocenters. The average Bonchev–Trinajstić information content (AvgIpc) is 3.37. The SMILES string of the molecule is CC(C)(O)c1nn(-c2cnccc2C(F)(F)F)c(-c2ccc(-c3cccc(S(C)(=O)=O)c3)s2)c1Br. The number of pyridine rings is 1. The van der Waals surface area contributed by atoms with E-state index < -0.39 is 27.2 Å². The van der Waals surface area contributed by atoms with Crippen molar-refractivity contribution in [1.82, 2.24) is 14.8 Å². The largest absolute Gasteiger partial charge is 0.418 e. The molecule has 3 aromatic heterocycles. The topological polar surface area (TPSA) is 85.1 Å². The molecule has 6 nitrogen and oxygen atoms in total. The molecular weight excluding hydrogens is 567 g/mol. The Labute approximate surface area is 212 Å². The van der Waals surface area contributed by atoms with Crippen LogP contribution in [0, 0.1) is 0 Å². The van der Waals surface area contributed by atoms with E-state index in [1.165, 1.54) is 31.3 Å². The molecule has 4 rings (SSSR count). The summed E-state index contributed by atoms with van der Waals surface area (Å²) < 4.78 is 66.8. The van der Waals surface area contributed by atoms with E-state index in [2.05, 4.69) is 26.0 Å². The van der Waals surface area contributed by atoms with Crippen LogP contribution in [-0.4, -0.2) is 34.5 Å². The highest BCUT2D eigenvalue weighted by atomic mass is 79.9. The van der Waals surface area contributed by atoms with Gasteiger partial charge in [-0.3, -0.25) is 4.98 Å². The third kappa shape index (κ3) is 5.06. The van der Waals surface area contributed by atoms with Crippen molar-refractivity contribution in [2.45, 2.75) is 30.5 Å². The van der Waals surface area contributed by atoms with Gasteiger partial charge in [-0.2, -0.15) is 18.3 Å². The number of alkyl halides is 3. The molecule has 0 saturated carbocycles. The maximum atomic E-state index is 13.8. The zero-order chi connectivity index (χ0) is 25.8. The highest BCUT2D eigenvalue weighted by Gasteiger charge is 2.36. The molecule has 0 saturated heterocycles. The maximum Gasteiger partial charge on any atom is 0.418 e. The number of nitrogens with zero attached hydrogens (tertiary/aromatic N) is 3. The Morgan fingerprint density at radius 3 is 2.40 bits per heavy atom. The first-order chi connectivity index (χ1) is 16.2. The minimum atomic E-state index is -4.66. The monoisotopic (exact) mass is 585 g/mol. The number of rotatable bonds is 5. The second-order valence-electron chi connectivity index (χ2n) is 8.34. The fourth-order valence-corrected chi connectivity index (χ4v) is 6.25. The van der Waals surface area contributed by atoms with Crippen molar-refractivity contribution in [2.24, 2.45) is 0 Å². The summed E-state index contributed by atoms with van der Waals surface area (Å²) in [4.78, 5) is 5.28. The maximum absolute atomic E-state index is 13.8. The Hall–Kier alpha value is -2.54. The second-order valence-corrected chi connectivity index (χ2v) is 12.2. The first-order valence-electron chi connectivity index (χ1n) is 10.1. The molecule has 0 fully saturated rings. The van der Waals surface area contributed by atoms with Gasteiger partial charge in [-0.05, 0) is 65.7 Å². The summed E-state index contributed by atoms with van der Waals surface area (Å²) in [7, 11) is -3.42. The van der Waals surface area contributed by atoms with E-state index in [9.17, 15) is 26.7 Å². The third-order valence-electron chi connectivity index (χ3n) is 5.13. The summed E-state index contributed by atoms with van der Waals surface area (Å²) in [5.74, 6) is 0. The zero-order valence-corrected chi connectivity index (χ0v) is 21.8. The van der Waals surface area contributed by atoms with E-state index in [4.69, 9.17) is 0 Å². The van der Waals surface area contributed by atoms with Gasteiger partial charge in [0.2, 0.25) is 0 Å². The molecule has 0 aliphatic carbocycles. The lowest BCUT2D eigenvalue weighted by molar-refractivity contribution is -0.137. The Balaban J connectivity index is 1.94. The lowest BCUT2D eigenvalue weighted by Gasteiger charge is -2.15. The number of hydrogen-bond acceptors (Lipinski definition) is 6. The van der Waals surface area contributed by atoms with Gasteiger partial charge in [0.25, 0.3) is 0 Å². The van der Waals surface area contributed by atoms with Crippen LogP contribution in [0.25, 0.3) is 26.7 Å². The summed E-state index contributed by atoms with van der Waals surface area (Å²) >= 11 is 4.68. The summed E-state index contributed by atoms with van der Waals surface area (Å²) in [6.45, 7) is 2.97. The van der Waals surface area contributed by atoms with Gasteiger partial charge in [-0.1, -0.05) is 12.1 Å². The quantitative estimate of drug-likeness (QED) is 0.307. The Morgan fingerprint density at radius 2 is 1.77 bits per heavy atom. The number of thiophene rings is 1. The van der Waals surface area contributed by atoms with Gasteiger partial charge in [0.1, 0.15) is 11.3 Å². The van der Waals surface area contributed by atoms with E-state index in [0.29, 0.717) is 25.5 Å². The van der Waals surface area contributed by atoms with Crippen LogP contribution >= 0.6 is 27.3 Å². The molecule has 0 bridgehead atoms. The minimum Gasteiger partial charge on any atom is -0.384 e. The van der Waals surface area contributed by atoms with Gasteiger partial charge >= 0.3 is 6.18 Å². The summed E-state index contributed by atoms with van der Waals surface area (Å²) in [5, 5.41) is 15.0. The van der Waals surface area contributed by atoms with Crippen molar-refractivity contribution in [3.05, 3.63) is 70.6 Å². The molecule has 184 valence electrons. The van der Waals surface area contributed by atoms with Crippen molar-refractivity contribution in [3.63, 3.8) is 0 Å². The van der Waals surface area contributed by atoms with E-state index in [0.717, 1.165) is 29.4 Å². The van der Waals surface area contributed by atoms with Crippen molar-refractivity contribution in [3.8, 4) is 26.7 Å². The highest BCUT2D eigenvalue weighted by molar-refractivity contribution is 9.10. The normalized spacial score (nSPS) is 12.8. The molecule has 1 N–H and O–H groups in total. The number of hydrogen-bond donors (Lipinski definition) is 1. The summed E-state index contributed by atoms with van der Waals surface area (Å²) in [6.07, 6.45) is -1.41. The molecule has 3 heterocycles. The van der Waals surface area contributed by atoms with Crippen LogP contribution < -0.4 is 0 Å². The van der Waals surface area contributed by atoms with Crippen LogP contribution in [0.4, 0.5) is 13.2 Å². The Bertz CT molecular complexity index is 1520. The first kappa shape index (κ1) is 25.5. The summed E-state index contributed by atoms with van der Waals surface area (Å²) in [5.41, 5.74) is -1.58. The number of aromatic nitrogens is 3. The average molecular weight is 586 g/mol. The number of aliphatic hydroxyl groups is 1. The van der Waals surface area contributed by atoms with Crippen LogP contribution in [0.5, 0.6) is 0 Å². The molecule has 0 aliphatic heterocycles. The predicted octanol–water partition coefficient (Wildman–Crippen LogP) is 6.08. The fraction of sp³-hybridized carbons (Fsp3) is 0.217. The fourth-order valence-electron chi connectivity index (χ4n) is 3.47. The lowest BCUT2D eigenvalue weighted by atomic mass is 10.1.